The smallest absolute Gasteiger partial charge is 0.280 e. The maximum Gasteiger partial charge on any atom is 0.280 e. The molecule has 1 N–H and O–H groups in total. The Balaban J connectivity index is 2.82. The number of hydrogen-bond acceptors (Lipinski definition) is 4. The van der Waals surface area contributed by atoms with Crippen LogP contribution in [0.25, 0.3) is 0 Å². The van der Waals surface area contributed by atoms with E-state index in [1.807, 2.05) is 13.8 Å². The predicted octanol–water partition coefficient (Wildman–Crippen LogP) is 1.68. The van der Waals surface area contributed by atoms with Gasteiger partial charge in [-0.25, -0.2) is 13.4 Å². The molecule has 0 aliphatic rings. The van der Waals surface area contributed by atoms with E-state index in [9.17, 15) is 13.2 Å². The van der Waals surface area contributed by atoms with E-state index >= 15 is 0 Å². The normalized spacial score (nSPS) is 11.6. The first-order valence-corrected chi connectivity index (χ1v) is 8.96. The minimum absolute atomic E-state index is 0.0540. The first-order chi connectivity index (χ1) is 9.38. The SMILES string of the molecule is CCCCNC(=O)Cn1cc(S(=O)(=O)Cl)nc1CCC. The first kappa shape index (κ1) is 17.0. The summed E-state index contributed by atoms with van der Waals surface area (Å²) in [6, 6.07) is 0. The summed E-state index contributed by atoms with van der Waals surface area (Å²) in [6.45, 7) is 4.67. The lowest BCUT2D eigenvalue weighted by molar-refractivity contribution is -0.121. The summed E-state index contributed by atoms with van der Waals surface area (Å²) in [5.41, 5.74) is 0. The van der Waals surface area contributed by atoms with Crippen LogP contribution in [0.4, 0.5) is 0 Å². The minimum Gasteiger partial charge on any atom is -0.355 e. The number of nitrogens with one attached hydrogen (secondary N) is 1. The van der Waals surface area contributed by atoms with Crippen molar-refractivity contribution in [3.05, 3.63) is 12.0 Å². The molecule has 0 atom stereocenters. The maximum atomic E-state index is 11.8. The second-order valence-electron chi connectivity index (χ2n) is 4.51. The molecule has 0 aliphatic carbocycles. The van der Waals surface area contributed by atoms with Crippen LogP contribution in [0.2, 0.25) is 0 Å². The van der Waals surface area contributed by atoms with Gasteiger partial charge in [0.1, 0.15) is 12.4 Å². The molecule has 8 heteroatoms. The molecule has 0 aromatic carbocycles. The molecule has 0 spiro atoms. The van der Waals surface area contributed by atoms with E-state index in [1.165, 1.54) is 6.20 Å². The number of aromatic nitrogens is 2. The summed E-state index contributed by atoms with van der Waals surface area (Å²) < 4.78 is 24.1. The van der Waals surface area contributed by atoms with Crippen molar-refractivity contribution in [1.82, 2.24) is 14.9 Å². The van der Waals surface area contributed by atoms with Crippen molar-refractivity contribution in [3.63, 3.8) is 0 Å². The zero-order valence-electron chi connectivity index (χ0n) is 11.7. The number of amides is 1. The number of rotatable bonds is 8. The van der Waals surface area contributed by atoms with Crippen LogP contribution in [-0.4, -0.2) is 30.4 Å². The summed E-state index contributed by atoms with van der Waals surface area (Å²) in [7, 11) is 1.41. The van der Waals surface area contributed by atoms with E-state index in [-0.39, 0.29) is 17.5 Å². The quantitative estimate of drug-likeness (QED) is 0.583. The van der Waals surface area contributed by atoms with Crippen LogP contribution >= 0.6 is 10.7 Å². The van der Waals surface area contributed by atoms with Gasteiger partial charge in [-0.1, -0.05) is 20.3 Å². The molecule has 0 aliphatic heterocycles. The Labute approximate surface area is 123 Å². The average Bonchev–Trinajstić information content (AvgIpc) is 2.73. The zero-order valence-corrected chi connectivity index (χ0v) is 13.3. The van der Waals surface area contributed by atoms with Crippen molar-refractivity contribution >= 4 is 25.6 Å². The summed E-state index contributed by atoms with van der Waals surface area (Å²) in [4.78, 5) is 15.7. The Morgan fingerprint density at radius 3 is 2.65 bits per heavy atom. The third-order valence-corrected chi connectivity index (χ3v) is 3.90. The summed E-state index contributed by atoms with van der Waals surface area (Å²) >= 11 is 0. The van der Waals surface area contributed by atoms with Gasteiger partial charge in [-0.2, -0.15) is 0 Å². The van der Waals surface area contributed by atoms with Crippen molar-refractivity contribution in [1.29, 1.82) is 0 Å². The third kappa shape index (κ3) is 5.13. The molecule has 0 saturated heterocycles. The fourth-order valence-electron chi connectivity index (χ4n) is 1.72. The molecular weight excluding hydrogens is 302 g/mol. The molecule has 20 heavy (non-hydrogen) atoms. The standard InChI is InChI=1S/C12H20ClN3O3S/c1-3-5-7-14-11(17)8-16-9-12(20(13,18)19)15-10(16)6-4-2/h9H,3-8H2,1-2H3,(H,14,17). The van der Waals surface area contributed by atoms with Gasteiger partial charge in [0.2, 0.25) is 5.91 Å². The second kappa shape index (κ2) is 7.64. The van der Waals surface area contributed by atoms with Crippen molar-refractivity contribution < 1.29 is 13.2 Å². The van der Waals surface area contributed by atoms with E-state index < -0.39 is 9.05 Å². The Hall–Kier alpha value is -1.08. The van der Waals surface area contributed by atoms with Gasteiger partial charge >= 0.3 is 0 Å². The van der Waals surface area contributed by atoms with Gasteiger partial charge in [-0.05, 0) is 12.8 Å². The van der Waals surface area contributed by atoms with Crippen LogP contribution in [0.1, 0.15) is 38.9 Å². The molecule has 1 rings (SSSR count). The van der Waals surface area contributed by atoms with Crippen LogP contribution in [0.3, 0.4) is 0 Å². The number of halogens is 1. The van der Waals surface area contributed by atoms with Crippen LogP contribution in [0, 0.1) is 0 Å². The lowest BCUT2D eigenvalue weighted by Crippen LogP contribution is -2.28. The van der Waals surface area contributed by atoms with E-state index in [2.05, 4.69) is 10.3 Å². The molecule has 0 bridgehead atoms. The molecule has 0 radical (unpaired) electrons. The number of aryl methyl sites for hydroxylation is 1. The lowest BCUT2D eigenvalue weighted by atomic mass is 10.3. The minimum atomic E-state index is -3.87. The number of hydrogen-bond donors (Lipinski definition) is 1. The van der Waals surface area contributed by atoms with E-state index in [4.69, 9.17) is 10.7 Å². The molecule has 0 unspecified atom stereocenters. The molecule has 1 heterocycles. The Morgan fingerprint density at radius 1 is 1.40 bits per heavy atom. The van der Waals surface area contributed by atoms with Crippen molar-refractivity contribution in [2.24, 2.45) is 0 Å². The number of carbonyl (C=O) groups is 1. The molecule has 1 amide bonds. The second-order valence-corrected chi connectivity index (χ2v) is 7.03. The van der Waals surface area contributed by atoms with Crippen molar-refractivity contribution in [2.45, 2.75) is 51.1 Å². The number of unbranched alkanes of at least 4 members (excludes halogenated alkanes) is 1. The van der Waals surface area contributed by atoms with E-state index in [1.54, 1.807) is 4.57 Å². The molecule has 114 valence electrons. The molecular formula is C12H20ClN3O3S. The average molecular weight is 322 g/mol. The predicted molar refractivity (Wildman–Crippen MR) is 77.2 cm³/mol. The Morgan fingerprint density at radius 2 is 2.10 bits per heavy atom. The highest BCUT2D eigenvalue weighted by molar-refractivity contribution is 8.13. The zero-order chi connectivity index (χ0) is 15.2. The molecule has 0 saturated carbocycles. The van der Waals surface area contributed by atoms with Crippen LogP contribution in [0.15, 0.2) is 11.2 Å². The van der Waals surface area contributed by atoms with Crippen LogP contribution < -0.4 is 5.32 Å². The topological polar surface area (TPSA) is 81.1 Å². The van der Waals surface area contributed by atoms with Crippen LogP contribution in [0.5, 0.6) is 0 Å². The molecule has 0 fully saturated rings. The highest BCUT2D eigenvalue weighted by atomic mass is 35.7. The van der Waals surface area contributed by atoms with Crippen molar-refractivity contribution in [2.75, 3.05) is 6.54 Å². The number of imidazole rings is 1. The van der Waals surface area contributed by atoms with Crippen molar-refractivity contribution in [3.8, 4) is 0 Å². The fourth-order valence-corrected chi connectivity index (χ4v) is 2.41. The summed E-state index contributed by atoms with van der Waals surface area (Å²) in [5.74, 6) is 0.393. The Bertz CT molecular complexity index is 554. The van der Waals surface area contributed by atoms with Gasteiger partial charge in [-0.15, -0.1) is 0 Å². The van der Waals surface area contributed by atoms with E-state index in [0.29, 0.717) is 18.8 Å². The molecule has 1 aromatic rings. The van der Waals surface area contributed by atoms with Gasteiger partial charge in [0.05, 0.1) is 0 Å². The summed E-state index contributed by atoms with van der Waals surface area (Å²) in [6.07, 6.45) is 4.62. The van der Waals surface area contributed by atoms with E-state index in [0.717, 1.165) is 19.3 Å². The highest BCUT2D eigenvalue weighted by Crippen LogP contribution is 2.15. The van der Waals surface area contributed by atoms with Gasteiger partial charge in [0, 0.05) is 29.8 Å². The third-order valence-electron chi connectivity index (χ3n) is 2.73. The first-order valence-electron chi connectivity index (χ1n) is 6.65. The maximum absolute atomic E-state index is 11.8. The highest BCUT2D eigenvalue weighted by Gasteiger charge is 2.18. The van der Waals surface area contributed by atoms with Crippen LogP contribution in [-0.2, 0) is 26.8 Å². The van der Waals surface area contributed by atoms with Gasteiger partial charge in [0.25, 0.3) is 9.05 Å². The largest absolute Gasteiger partial charge is 0.355 e. The number of carbonyl (C=O) groups excluding carboxylic acids is 1. The summed E-state index contributed by atoms with van der Waals surface area (Å²) in [5, 5.41) is 2.57. The lowest BCUT2D eigenvalue weighted by Gasteiger charge is -2.07. The molecule has 6 nitrogen and oxygen atoms in total. The fraction of sp³-hybridized carbons (Fsp3) is 0.667. The van der Waals surface area contributed by atoms with Gasteiger partial charge in [0.15, 0.2) is 5.03 Å². The monoisotopic (exact) mass is 321 g/mol. The van der Waals surface area contributed by atoms with Gasteiger partial charge < -0.3 is 9.88 Å². The Kier molecular flexibility index (Phi) is 6.48. The number of nitrogens with zero attached hydrogens (tertiary/aromatic N) is 2. The molecule has 1 aromatic heterocycles. The van der Waals surface area contributed by atoms with Gasteiger partial charge in [-0.3, -0.25) is 4.79 Å².